The monoisotopic (exact) mass is 301 g/mol. The van der Waals surface area contributed by atoms with Gasteiger partial charge in [-0.3, -0.25) is 4.79 Å². The summed E-state index contributed by atoms with van der Waals surface area (Å²) in [4.78, 5) is 37.6. The van der Waals surface area contributed by atoms with E-state index in [1.807, 2.05) is 0 Å². The van der Waals surface area contributed by atoms with E-state index in [0.29, 0.717) is 4.90 Å². The maximum Gasteiger partial charge on any atom is 0.417 e. The molecule has 1 aliphatic heterocycles. The van der Waals surface area contributed by atoms with Crippen LogP contribution in [-0.2, 0) is 19.1 Å². The molecule has 1 saturated heterocycles. The number of carbonyl (C=O) groups is 3. The molecule has 120 valence electrons. The molecule has 21 heavy (non-hydrogen) atoms. The zero-order chi connectivity index (χ0) is 18.4. The molecule has 1 fully saturated rings. The van der Waals surface area contributed by atoms with Crippen molar-refractivity contribution in [2.75, 3.05) is 0 Å². The van der Waals surface area contributed by atoms with E-state index in [0.717, 1.165) is 0 Å². The zero-order valence-corrected chi connectivity index (χ0v) is 13.6. The van der Waals surface area contributed by atoms with E-state index in [1.165, 1.54) is 6.92 Å². The van der Waals surface area contributed by atoms with Crippen molar-refractivity contribution in [3.05, 3.63) is 0 Å². The van der Waals surface area contributed by atoms with E-state index < -0.39 is 47.5 Å². The van der Waals surface area contributed by atoms with Crippen molar-refractivity contribution in [1.82, 2.24) is 4.90 Å². The third kappa shape index (κ3) is 4.72. The summed E-state index contributed by atoms with van der Waals surface area (Å²) < 4.78 is 26.4. The predicted octanol–water partition coefficient (Wildman–Crippen LogP) is 2.50. The molecule has 1 rings (SSSR count). The Labute approximate surface area is 128 Å². The van der Waals surface area contributed by atoms with Crippen LogP contribution < -0.4 is 0 Å². The highest BCUT2D eigenvalue weighted by Crippen LogP contribution is 2.28. The van der Waals surface area contributed by atoms with Crippen LogP contribution in [0.2, 0.25) is 0 Å². The smallest absolute Gasteiger partial charge is 0.417 e. The quantitative estimate of drug-likeness (QED) is 0.696. The highest BCUT2D eigenvalue weighted by molar-refractivity contribution is 6.00. The molecule has 1 heterocycles. The van der Waals surface area contributed by atoms with Gasteiger partial charge in [0.15, 0.2) is 0 Å². The summed E-state index contributed by atoms with van der Waals surface area (Å²) in [6, 6.07) is -1.50. The van der Waals surface area contributed by atoms with Gasteiger partial charge >= 0.3 is 12.1 Å². The molecule has 6 heteroatoms. The Morgan fingerprint density at radius 1 is 1.19 bits per heavy atom. The van der Waals surface area contributed by atoms with Gasteiger partial charge in [-0.05, 0) is 47.9 Å². The van der Waals surface area contributed by atoms with Crippen molar-refractivity contribution in [3.8, 4) is 0 Å². The van der Waals surface area contributed by atoms with Gasteiger partial charge in [-0.1, -0.05) is 6.92 Å². The predicted molar refractivity (Wildman–Crippen MR) is 76.5 cm³/mol. The second-order valence-electron chi connectivity index (χ2n) is 6.98. The molecule has 0 aromatic heterocycles. The molecule has 0 spiro atoms. The molecule has 0 bridgehead atoms. The van der Waals surface area contributed by atoms with E-state index in [2.05, 4.69) is 0 Å². The van der Waals surface area contributed by atoms with Gasteiger partial charge in [-0.25, -0.2) is 14.5 Å². The number of ether oxygens (including phenoxy) is 2. The zero-order valence-electron chi connectivity index (χ0n) is 15.6. The summed E-state index contributed by atoms with van der Waals surface area (Å²) in [6.07, 6.45) is -2.51. The Hall–Kier alpha value is -1.59. The lowest BCUT2D eigenvalue weighted by molar-refractivity contribution is -0.161. The van der Waals surface area contributed by atoms with Gasteiger partial charge in [0, 0.05) is 8.64 Å². The molecule has 2 amide bonds. The van der Waals surface area contributed by atoms with Crippen LogP contribution in [0.25, 0.3) is 0 Å². The van der Waals surface area contributed by atoms with Crippen molar-refractivity contribution < 1.29 is 26.6 Å². The number of imide groups is 1. The molecular formula is C15H25NO5. The molecule has 1 aliphatic rings. The fourth-order valence-electron chi connectivity index (χ4n) is 1.74. The first kappa shape index (κ1) is 14.4. The van der Waals surface area contributed by atoms with Crippen LogP contribution in [0, 0.1) is 5.89 Å². The van der Waals surface area contributed by atoms with Crippen LogP contribution in [-0.4, -0.2) is 40.1 Å². The van der Waals surface area contributed by atoms with Crippen molar-refractivity contribution in [3.63, 3.8) is 0 Å². The normalized spacial score (nSPS) is 31.6. The first-order valence-electron chi connectivity index (χ1n) is 7.87. The minimum atomic E-state index is -1.93. The Morgan fingerprint density at radius 3 is 2.10 bits per heavy atom. The van der Waals surface area contributed by atoms with Crippen LogP contribution in [0.5, 0.6) is 0 Å². The Balaban J connectivity index is 3.19. The van der Waals surface area contributed by atoms with Crippen molar-refractivity contribution in [1.29, 1.82) is 0 Å². The van der Waals surface area contributed by atoms with Gasteiger partial charge in [0.2, 0.25) is 5.91 Å². The van der Waals surface area contributed by atoms with Gasteiger partial charge in [0.25, 0.3) is 0 Å². The summed E-state index contributed by atoms with van der Waals surface area (Å²) in [5, 5.41) is 0. The van der Waals surface area contributed by atoms with Gasteiger partial charge < -0.3 is 9.47 Å². The molecule has 0 aromatic rings. The first-order chi connectivity index (χ1) is 10.1. The van der Waals surface area contributed by atoms with E-state index in [9.17, 15) is 14.4 Å². The van der Waals surface area contributed by atoms with Gasteiger partial charge in [-0.2, -0.15) is 0 Å². The lowest BCUT2D eigenvalue weighted by Gasteiger charge is -2.28. The lowest BCUT2D eigenvalue weighted by atomic mass is 10.1. The minimum Gasteiger partial charge on any atom is -0.458 e. The average molecular weight is 301 g/mol. The summed E-state index contributed by atoms with van der Waals surface area (Å²) in [5.41, 5.74) is -1.73. The van der Waals surface area contributed by atoms with Crippen molar-refractivity contribution >= 4 is 18.0 Å². The molecule has 0 saturated carbocycles. The van der Waals surface area contributed by atoms with E-state index in [-0.39, 0.29) is 0 Å². The largest absolute Gasteiger partial charge is 0.458 e. The second kappa shape index (κ2) is 5.66. The first-order valence-corrected chi connectivity index (χ1v) is 6.79. The molecule has 0 N–H and O–H groups in total. The number of likely N-dealkylation sites (tertiary alicyclic amines) is 1. The van der Waals surface area contributed by atoms with Crippen LogP contribution in [0.15, 0.2) is 0 Å². The van der Waals surface area contributed by atoms with Crippen LogP contribution in [0.3, 0.4) is 0 Å². The van der Waals surface area contributed by atoms with Gasteiger partial charge in [-0.15, -0.1) is 0 Å². The van der Waals surface area contributed by atoms with E-state index in [1.54, 1.807) is 41.5 Å². The molecular weight excluding hydrogens is 274 g/mol. The summed E-state index contributed by atoms with van der Waals surface area (Å²) in [5.74, 6) is -3.77. The van der Waals surface area contributed by atoms with Gasteiger partial charge in [0.1, 0.15) is 17.2 Å². The molecule has 6 nitrogen and oxygen atoms in total. The lowest BCUT2D eigenvalue weighted by Crippen LogP contribution is -2.47. The Kier molecular flexibility index (Phi) is 3.87. The molecule has 3 atom stereocenters. The van der Waals surface area contributed by atoms with Crippen LogP contribution >= 0.6 is 0 Å². The molecule has 0 aliphatic carbocycles. The average Bonchev–Trinajstić information content (AvgIpc) is 2.45. The van der Waals surface area contributed by atoms with Crippen molar-refractivity contribution in [2.24, 2.45) is 5.89 Å². The molecule has 0 radical (unpaired) electrons. The summed E-state index contributed by atoms with van der Waals surface area (Å²) in [6.45, 7) is 11.0. The number of rotatable bonds is 1. The number of esters is 1. The second-order valence-corrected chi connectivity index (χ2v) is 6.98. The third-order valence-corrected chi connectivity index (χ3v) is 2.48. The number of hydrogen-bond acceptors (Lipinski definition) is 5. The fourth-order valence-corrected chi connectivity index (χ4v) is 1.74. The molecule has 0 aromatic carbocycles. The summed E-state index contributed by atoms with van der Waals surface area (Å²) in [7, 11) is 0. The highest BCUT2D eigenvalue weighted by atomic mass is 16.6. The number of nitrogens with zero attached hydrogens (tertiary/aromatic N) is 1. The maximum atomic E-state index is 12.4. The maximum absolute atomic E-state index is 12.4. The molecule has 0 unspecified atom stereocenters. The summed E-state index contributed by atoms with van der Waals surface area (Å²) >= 11 is 0. The topological polar surface area (TPSA) is 72.9 Å². The number of carbonyl (C=O) groups excluding carboxylic acids is 3. The SMILES string of the molecule is [2H][C@@H]1[C@@H](C(=O)OC(C)(C)C)N(C(=O)OC(C)(C)C)C(=O)[C@@]1([2H])C. The third-order valence-electron chi connectivity index (χ3n) is 2.48. The van der Waals surface area contributed by atoms with Crippen LogP contribution in [0.4, 0.5) is 4.79 Å². The van der Waals surface area contributed by atoms with Crippen LogP contribution in [0.1, 0.15) is 57.6 Å². The van der Waals surface area contributed by atoms with Crippen molar-refractivity contribution in [2.45, 2.75) is 72.1 Å². The van der Waals surface area contributed by atoms with E-state index in [4.69, 9.17) is 12.2 Å². The Bertz CT molecular complexity index is 519. The Morgan fingerprint density at radius 2 is 1.67 bits per heavy atom. The number of amides is 2. The van der Waals surface area contributed by atoms with Gasteiger partial charge in [0.05, 0.1) is 0 Å². The number of hydrogen-bond donors (Lipinski definition) is 0. The standard InChI is InChI=1S/C15H25NO5/c1-9-8-10(12(18)20-14(2,3)4)16(11(9)17)13(19)21-15(5,6)7/h9-10H,8H2,1-7H3/t9-,10-/m0/s1/i8D,9D/t8-,9-,10-. The van der Waals surface area contributed by atoms with E-state index >= 15 is 0 Å². The highest BCUT2D eigenvalue weighted by Gasteiger charge is 2.47. The minimum absolute atomic E-state index is 0.546. The fraction of sp³-hybridized carbons (Fsp3) is 0.800.